The van der Waals surface area contributed by atoms with Crippen molar-refractivity contribution in [2.24, 2.45) is 0 Å². The fourth-order valence-corrected chi connectivity index (χ4v) is 4.03. The van der Waals surface area contributed by atoms with Crippen LogP contribution in [0.2, 0.25) is 0 Å². The quantitative estimate of drug-likeness (QED) is 0.196. The first-order valence-electron chi connectivity index (χ1n) is 10.9. The molecule has 5 heterocycles. The standard InChI is InChI=1S/C25H20N10/c1-27-25(26)31-17-7-16(10-29-11-17)14-4-5-20-18(8-14)23(35-34-20)24-32-21-13-30-12-19(22(21)33-24)15-3-2-6-28-9-15/h2-13H,1H3,(H,32,33)(H,34,35)(H3,26,27,31). The van der Waals surface area contributed by atoms with Crippen molar-refractivity contribution < 1.29 is 0 Å². The van der Waals surface area contributed by atoms with Crippen molar-refractivity contribution >= 4 is 33.6 Å². The van der Waals surface area contributed by atoms with Gasteiger partial charge in [0.2, 0.25) is 0 Å². The average Bonchev–Trinajstić information content (AvgIpc) is 3.53. The first-order valence-corrected chi connectivity index (χ1v) is 10.9. The zero-order chi connectivity index (χ0) is 23.8. The number of fused-ring (bicyclic) bond motifs is 2. The number of anilines is 1. The Balaban J connectivity index is 1.43. The molecular formula is C25H20N10. The van der Waals surface area contributed by atoms with E-state index in [1.165, 1.54) is 0 Å². The second-order valence-corrected chi connectivity index (χ2v) is 7.96. The van der Waals surface area contributed by atoms with Gasteiger partial charge in [0.1, 0.15) is 11.2 Å². The highest BCUT2D eigenvalue weighted by molar-refractivity contribution is 5.98. The molecule has 6 rings (SSSR count). The molecule has 5 N–H and O–H groups in total. The van der Waals surface area contributed by atoms with Crippen LogP contribution in [0.5, 0.6) is 0 Å². The third-order valence-electron chi connectivity index (χ3n) is 5.74. The SMILES string of the molecule is CNC(=N)Nc1cncc(-c2ccc3[nH]nc(-c4nc5c(-c6cccnc6)cncc5[nH]4)c3c2)c1. The Kier molecular flexibility index (Phi) is 4.88. The molecule has 1 aromatic carbocycles. The second-order valence-electron chi connectivity index (χ2n) is 7.96. The molecule has 0 fully saturated rings. The van der Waals surface area contributed by atoms with Gasteiger partial charge in [-0.2, -0.15) is 5.10 Å². The fourth-order valence-electron chi connectivity index (χ4n) is 4.03. The lowest BCUT2D eigenvalue weighted by Crippen LogP contribution is -2.25. The van der Waals surface area contributed by atoms with E-state index < -0.39 is 0 Å². The van der Waals surface area contributed by atoms with Crippen LogP contribution in [-0.4, -0.2) is 48.1 Å². The molecule has 0 unspecified atom stereocenters. The van der Waals surface area contributed by atoms with Crippen molar-refractivity contribution in [3.05, 3.63) is 73.6 Å². The van der Waals surface area contributed by atoms with Crippen LogP contribution >= 0.6 is 0 Å². The lowest BCUT2D eigenvalue weighted by molar-refractivity contribution is 1.11. The molecule has 0 saturated heterocycles. The number of pyridine rings is 3. The predicted octanol–water partition coefficient (Wildman–Crippen LogP) is 4.19. The third-order valence-corrected chi connectivity index (χ3v) is 5.74. The average molecular weight is 461 g/mol. The van der Waals surface area contributed by atoms with Crippen LogP contribution in [0.4, 0.5) is 5.69 Å². The van der Waals surface area contributed by atoms with Gasteiger partial charge in [0.25, 0.3) is 0 Å². The van der Waals surface area contributed by atoms with Crippen LogP contribution < -0.4 is 10.6 Å². The van der Waals surface area contributed by atoms with Crippen LogP contribution in [0.3, 0.4) is 0 Å². The van der Waals surface area contributed by atoms with Gasteiger partial charge in [-0.05, 0) is 29.8 Å². The van der Waals surface area contributed by atoms with E-state index in [1.807, 2.05) is 30.3 Å². The van der Waals surface area contributed by atoms with Crippen LogP contribution in [0.15, 0.2) is 73.6 Å². The maximum Gasteiger partial charge on any atom is 0.192 e. The van der Waals surface area contributed by atoms with E-state index in [-0.39, 0.29) is 5.96 Å². The first kappa shape index (κ1) is 20.5. The van der Waals surface area contributed by atoms with Crippen molar-refractivity contribution in [2.45, 2.75) is 0 Å². The monoisotopic (exact) mass is 460 g/mol. The summed E-state index contributed by atoms with van der Waals surface area (Å²) in [6.45, 7) is 0. The number of rotatable bonds is 4. The van der Waals surface area contributed by atoms with Crippen molar-refractivity contribution in [3.8, 4) is 33.8 Å². The largest absolute Gasteiger partial charge is 0.359 e. The lowest BCUT2D eigenvalue weighted by atomic mass is 10.0. The number of imidazole rings is 1. The summed E-state index contributed by atoms with van der Waals surface area (Å²) in [6.07, 6.45) is 10.6. The molecule has 0 aliphatic carbocycles. The van der Waals surface area contributed by atoms with Gasteiger partial charge in [-0.25, -0.2) is 4.98 Å². The Hall–Kier alpha value is -5.12. The minimum Gasteiger partial charge on any atom is -0.359 e. The number of guanidine groups is 1. The minimum atomic E-state index is 0.196. The fraction of sp³-hybridized carbons (Fsp3) is 0.0400. The summed E-state index contributed by atoms with van der Waals surface area (Å²) >= 11 is 0. The number of nitrogens with one attached hydrogen (secondary N) is 5. The normalized spacial score (nSPS) is 11.1. The molecule has 0 spiro atoms. The molecule has 10 heteroatoms. The molecule has 6 aromatic rings. The van der Waals surface area contributed by atoms with Gasteiger partial charge in [-0.3, -0.25) is 25.5 Å². The summed E-state index contributed by atoms with van der Waals surface area (Å²) in [7, 11) is 1.69. The molecule has 0 aliphatic rings. The summed E-state index contributed by atoms with van der Waals surface area (Å²) in [4.78, 5) is 21.2. The van der Waals surface area contributed by atoms with E-state index >= 15 is 0 Å². The highest BCUT2D eigenvalue weighted by Gasteiger charge is 2.16. The van der Waals surface area contributed by atoms with Gasteiger partial charge in [-0.1, -0.05) is 12.1 Å². The number of aromatic amines is 2. The predicted molar refractivity (Wildman–Crippen MR) is 136 cm³/mol. The minimum absolute atomic E-state index is 0.196. The molecule has 5 aromatic heterocycles. The molecule has 0 bridgehead atoms. The van der Waals surface area contributed by atoms with Gasteiger partial charge in [0.15, 0.2) is 11.8 Å². The van der Waals surface area contributed by atoms with Gasteiger partial charge >= 0.3 is 0 Å². The van der Waals surface area contributed by atoms with E-state index in [9.17, 15) is 0 Å². The Morgan fingerprint density at radius 2 is 1.77 bits per heavy atom. The van der Waals surface area contributed by atoms with Crippen molar-refractivity contribution in [3.63, 3.8) is 0 Å². The second kappa shape index (κ2) is 8.34. The van der Waals surface area contributed by atoms with E-state index in [0.717, 1.165) is 55.6 Å². The van der Waals surface area contributed by atoms with E-state index in [2.05, 4.69) is 46.8 Å². The molecule has 0 saturated carbocycles. The van der Waals surface area contributed by atoms with E-state index in [1.54, 1.807) is 44.2 Å². The number of aromatic nitrogens is 7. The third kappa shape index (κ3) is 3.72. The Morgan fingerprint density at radius 1 is 0.886 bits per heavy atom. The molecule has 0 radical (unpaired) electrons. The lowest BCUT2D eigenvalue weighted by Gasteiger charge is -2.08. The summed E-state index contributed by atoms with van der Waals surface area (Å²) in [5.41, 5.74) is 7.72. The smallest absolute Gasteiger partial charge is 0.192 e. The van der Waals surface area contributed by atoms with E-state index in [0.29, 0.717) is 5.82 Å². The highest BCUT2D eigenvalue weighted by Crippen LogP contribution is 2.32. The van der Waals surface area contributed by atoms with Crippen LogP contribution in [0.25, 0.3) is 55.7 Å². The first-order chi connectivity index (χ1) is 17.2. The maximum absolute atomic E-state index is 7.80. The molecule has 35 heavy (non-hydrogen) atoms. The molecule has 170 valence electrons. The van der Waals surface area contributed by atoms with Crippen LogP contribution in [-0.2, 0) is 0 Å². The molecule has 10 nitrogen and oxygen atoms in total. The summed E-state index contributed by atoms with van der Waals surface area (Å²) in [5, 5.41) is 22.1. The zero-order valence-corrected chi connectivity index (χ0v) is 18.7. The van der Waals surface area contributed by atoms with Gasteiger partial charge < -0.3 is 15.6 Å². The van der Waals surface area contributed by atoms with Crippen LogP contribution in [0, 0.1) is 5.41 Å². The topological polar surface area (TPSA) is 144 Å². The zero-order valence-electron chi connectivity index (χ0n) is 18.7. The maximum atomic E-state index is 7.80. The molecule has 0 atom stereocenters. The number of benzene rings is 1. The highest BCUT2D eigenvalue weighted by atomic mass is 15.1. The number of hydrogen-bond donors (Lipinski definition) is 5. The van der Waals surface area contributed by atoms with Crippen LogP contribution in [0.1, 0.15) is 0 Å². The van der Waals surface area contributed by atoms with Crippen molar-refractivity contribution in [2.75, 3.05) is 12.4 Å². The Bertz CT molecular complexity index is 1680. The van der Waals surface area contributed by atoms with Gasteiger partial charge in [-0.15, -0.1) is 0 Å². The Labute approximate surface area is 199 Å². The van der Waals surface area contributed by atoms with Gasteiger partial charge in [0.05, 0.1) is 29.1 Å². The van der Waals surface area contributed by atoms with Gasteiger partial charge in [0, 0.05) is 53.9 Å². The summed E-state index contributed by atoms with van der Waals surface area (Å²) in [6, 6.07) is 11.9. The van der Waals surface area contributed by atoms with Crippen molar-refractivity contribution in [1.29, 1.82) is 5.41 Å². The summed E-state index contributed by atoms with van der Waals surface area (Å²) in [5.74, 6) is 0.846. The number of H-pyrrole nitrogens is 2. The van der Waals surface area contributed by atoms with E-state index in [4.69, 9.17) is 10.4 Å². The number of nitrogens with zero attached hydrogens (tertiary/aromatic N) is 5. The molecule has 0 aliphatic heterocycles. The summed E-state index contributed by atoms with van der Waals surface area (Å²) < 4.78 is 0. The Morgan fingerprint density at radius 3 is 2.63 bits per heavy atom. The number of hydrogen-bond acceptors (Lipinski definition) is 6. The van der Waals surface area contributed by atoms with Crippen molar-refractivity contribution in [1.82, 2.24) is 40.4 Å². The molecular weight excluding hydrogens is 440 g/mol. The molecule has 0 amide bonds.